The van der Waals surface area contributed by atoms with Crippen molar-refractivity contribution < 1.29 is 59.9 Å². The molecule has 4 saturated carbocycles. The normalized spacial score (nSPS) is 54.9. The van der Waals surface area contributed by atoms with Crippen molar-refractivity contribution in [2.75, 3.05) is 13.2 Å². The number of rotatable bonds is 6. The molecule has 272 valence electrons. The molecule has 1 unspecified atom stereocenters. The van der Waals surface area contributed by atoms with Gasteiger partial charge in [-0.15, -0.1) is 0 Å². The average Bonchev–Trinajstić information content (AvgIpc) is 3.02. The first-order chi connectivity index (χ1) is 22.3. The lowest BCUT2D eigenvalue weighted by molar-refractivity contribution is -0.345. The zero-order valence-corrected chi connectivity index (χ0v) is 28.8. The fourth-order valence-corrected chi connectivity index (χ4v) is 12.4. The largest absolute Gasteiger partial charge is 0.481 e. The van der Waals surface area contributed by atoms with Gasteiger partial charge in [-0.1, -0.05) is 39.3 Å². The van der Waals surface area contributed by atoms with E-state index in [4.69, 9.17) is 9.47 Å². The number of aliphatic carboxylic acids is 2. The minimum Gasteiger partial charge on any atom is -0.481 e. The highest BCUT2D eigenvalue weighted by atomic mass is 16.7. The van der Waals surface area contributed by atoms with Crippen LogP contribution in [0, 0.1) is 50.2 Å². The second-order valence-electron chi connectivity index (χ2n) is 17.6. The number of ether oxygens (including phenoxy) is 2. The Balaban J connectivity index is 1.35. The van der Waals surface area contributed by atoms with Crippen molar-refractivity contribution in [2.24, 2.45) is 50.2 Å². The smallest absolute Gasteiger partial charge is 0.310 e. The molecule has 0 bridgehead atoms. The number of hydrogen-bond donors (Lipinski definition) is 8. The summed E-state index contributed by atoms with van der Waals surface area (Å²) in [5.74, 6) is -2.19. The van der Waals surface area contributed by atoms with E-state index in [-0.39, 0.29) is 36.2 Å². The molecule has 0 aromatic heterocycles. The minimum absolute atomic E-state index is 0.0537. The first-order valence-corrected chi connectivity index (χ1v) is 17.7. The van der Waals surface area contributed by atoms with Crippen LogP contribution >= 0.6 is 0 Å². The Morgan fingerprint density at radius 3 is 2.12 bits per heavy atom. The topological polar surface area (TPSA) is 214 Å². The Bertz CT molecular complexity index is 1340. The van der Waals surface area contributed by atoms with Gasteiger partial charge in [-0.3, -0.25) is 9.59 Å². The molecule has 0 aromatic rings. The molecule has 0 amide bonds. The first-order valence-electron chi connectivity index (χ1n) is 17.7. The quantitative estimate of drug-likeness (QED) is 0.150. The van der Waals surface area contributed by atoms with E-state index in [0.29, 0.717) is 44.9 Å². The predicted octanol–water partition coefficient (Wildman–Crippen LogP) is 2.07. The van der Waals surface area contributed by atoms with Crippen LogP contribution in [0.5, 0.6) is 0 Å². The van der Waals surface area contributed by atoms with E-state index in [0.717, 1.165) is 12.0 Å². The van der Waals surface area contributed by atoms with Crippen LogP contribution in [0.3, 0.4) is 0 Å². The molecule has 12 nitrogen and oxygen atoms in total. The van der Waals surface area contributed by atoms with Crippen molar-refractivity contribution in [3.8, 4) is 0 Å². The highest BCUT2D eigenvalue weighted by Crippen LogP contribution is 2.76. The van der Waals surface area contributed by atoms with Crippen LogP contribution in [0.1, 0.15) is 92.4 Å². The summed E-state index contributed by atoms with van der Waals surface area (Å²) < 4.78 is 11.9. The molecular formula is C36H56O12. The number of carbonyl (C=O) groups is 2. The molecule has 12 heteroatoms. The second-order valence-corrected chi connectivity index (χ2v) is 17.6. The maximum absolute atomic E-state index is 13.0. The zero-order valence-electron chi connectivity index (χ0n) is 28.8. The van der Waals surface area contributed by atoms with Gasteiger partial charge in [0.05, 0.1) is 36.3 Å². The van der Waals surface area contributed by atoms with Crippen LogP contribution in [-0.4, -0.2) is 109 Å². The van der Waals surface area contributed by atoms with Crippen LogP contribution in [0.4, 0.5) is 0 Å². The number of carboxylic acid groups (broad SMARTS) is 2. The van der Waals surface area contributed by atoms with Crippen molar-refractivity contribution in [2.45, 2.75) is 135 Å². The van der Waals surface area contributed by atoms with E-state index in [9.17, 15) is 50.4 Å². The number of hydrogen-bond acceptors (Lipinski definition) is 10. The summed E-state index contributed by atoms with van der Waals surface area (Å²) in [6.07, 6.45) is -2.81. The Hall–Kier alpha value is -1.64. The maximum Gasteiger partial charge on any atom is 0.310 e. The van der Waals surface area contributed by atoms with Crippen molar-refractivity contribution in [1.29, 1.82) is 0 Å². The van der Waals surface area contributed by atoms with Gasteiger partial charge in [0.15, 0.2) is 6.29 Å². The Morgan fingerprint density at radius 1 is 0.854 bits per heavy atom. The van der Waals surface area contributed by atoms with E-state index < -0.39 is 88.5 Å². The van der Waals surface area contributed by atoms with E-state index in [1.807, 2.05) is 6.92 Å². The molecule has 1 saturated heterocycles. The van der Waals surface area contributed by atoms with E-state index >= 15 is 0 Å². The summed E-state index contributed by atoms with van der Waals surface area (Å²) in [5.41, 5.74) is -3.08. The van der Waals surface area contributed by atoms with Gasteiger partial charge in [-0.2, -0.15) is 0 Å². The average molecular weight is 681 g/mol. The molecule has 0 radical (unpaired) electrons. The Kier molecular flexibility index (Phi) is 8.81. The standard InChI is InChI=1S/C36H56O12/c1-31(29(43)44)10-12-36(30(45)46)13-11-34(4)18(19(36)14-31)6-7-23-32(2)15-20(39)27(33(3,17-38)22(32)8-9-35(23,34)5)48-28-26(42)25(41)24(40)21(16-37)47-28/h6,19-28,37-42H,7-17H2,1-5H3,(H,43,44)(H,45,46)/t19-,20+,21-,22?,23-,24-,25+,26-,27+,28+,31-,32+,33+,34-,35-,36+/m1/s1. The van der Waals surface area contributed by atoms with Crippen LogP contribution in [0.2, 0.25) is 0 Å². The highest BCUT2D eigenvalue weighted by molar-refractivity contribution is 5.79. The van der Waals surface area contributed by atoms with Gasteiger partial charge in [0.25, 0.3) is 0 Å². The number of aliphatic hydroxyl groups excluding tert-OH is 6. The van der Waals surface area contributed by atoms with E-state index in [1.54, 1.807) is 6.92 Å². The Labute approximate surface area is 282 Å². The van der Waals surface area contributed by atoms with Crippen molar-refractivity contribution in [1.82, 2.24) is 0 Å². The third-order valence-electron chi connectivity index (χ3n) is 15.5. The van der Waals surface area contributed by atoms with Gasteiger partial charge >= 0.3 is 11.9 Å². The fraction of sp³-hybridized carbons (Fsp3) is 0.889. The molecule has 1 aliphatic heterocycles. The van der Waals surface area contributed by atoms with E-state index in [1.165, 1.54) is 0 Å². The molecule has 1 heterocycles. The van der Waals surface area contributed by atoms with Gasteiger partial charge < -0.3 is 50.3 Å². The van der Waals surface area contributed by atoms with Gasteiger partial charge in [-0.05, 0) is 98.7 Å². The van der Waals surface area contributed by atoms with Crippen LogP contribution in [-0.2, 0) is 19.1 Å². The summed E-state index contributed by atoms with van der Waals surface area (Å²) in [7, 11) is 0. The number of aliphatic hydroxyl groups is 6. The zero-order chi connectivity index (χ0) is 35.4. The lowest BCUT2D eigenvalue weighted by Crippen LogP contribution is -2.69. The monoisotopic (exact) mass is 680 g/mol. The van der Waals surface area contributed by atoms with Crippen LogP contribution in [0.25, 0.3) is 0 Å². The molecule has 0 spiro atoms. The molecule has 48 heavy (non-hydrogen) atoms. The van der Waals surface area contributed by atoms with Gasteiger partial charge in [0, 0.05) is 5.41 Å². The van der Waals surface area contributed by atoms with E-state index in [2.05, 4.69) is 26.8 Å². The molecule has 0 aromatic carbocycles. The predicted molar refractivity (Wildman–Crippen MR) is 170 cm³/mol. The summed E-state index contributed by atoms with van der Waals surface area (Å²) in [4.78, 5) is 25.4. The third-order valence-corrected chi connectivity index (χ3v) is 15.5. The maximum atomic E-state index is 13.0. The first kappa shape index (κ1) is 36.2. The van der Waals surface area contributed by atoms with Crippen molar-refractivity contribution in [3.05, 3.63) is 11.6 Å². The lowest BCUT2D eigenvalue weighted by atomic mass is 9.33. The van der Waals surface area contributed by atoms with Crippen molar-refractivity contribution >= 4 is 11.9 Å². The molecule has 16 atom stereocenters. The number of fused-ring (bicyclic) bond motifs is 7. The fourth-order valence-electron chi connectivity index (χ4n) is 12.4. The molecule has 6 rings (SSSR count). The van der Waals surface area contributed by atoms with Gasteiger partial charge in [0.2, 0.25) is 0 Å². The summed E-state index contributed by atoms with van der Waals surface area (Å²) in [5, 5.41) is 84.8. The van der Waals surface area contributed by atoms with Gasteiger partial charge in [0.1, 0.15) is 24.4 Å². The number of carboxylic acids is 2. The van der Waals surface area contributed by atoms with Crippen LogP contribution < -0.4 is 0 Å². The second kappa shape index (κ2) is 11.7. The minimum atomic E-state index is -1.64. The van der Waals surface area contributed by atoms with Crippen LogP contribution in [0.15, 0.2) is 11.6 Å². The summed E-state index contributed by atoms with van der Waals surface area (Å²) >= 11 is 0. The number of allylic oxidation sites excluding steroid dienone is 2. The van der Waals surface area contributed by atoms with Crippen molar-refractivity contribution in [3.63, 3.8) is 0 Å². The lowest BCUT2D eigenvalue weighted by Gasteiger charge is -2.71. The molecule has 5 aliphatic carbocycles. The summed E-state index contributed by atoms with van der Waals surface area (Å²) in [6.45, 7) is 9.38. The SMILES string of the molecule is C[C@@]1(C(=O)O)CC[C@]2(C(=O)O)CC[C@]3(C)C(=CC[C@@H]4[C@@]5(C)C[C@H](O)[C@H](O[C@@H]6O[C@H](CO)[C@@H](O)[C@H](O)[C@H]6O)[C@@](C)(CO)C5CC[C@]43C)[C@H]2C1. The molecule has 8 N–H and O–H groups in total. The Morgan fingerprint density at radius 2 is 1.52 bits per heavy atom. The summed E-state index contributed by atoms with van der Waals surface area (Å²) in [6, 6.07) is 0. The third kappa shape index (κ3) is 4.69. The molecule has 5 fully saturated rings. The molecular weight excluding hydrogens is 624 g/mol. The van der Waals surface area contributed by atoms with Gasteiger partial charge in [-0.25, -0.2) is 0 Å². The molecule has 6 aliphatic rings. The highest BCUT2D eigenvalue weighted by Gasteiger charge is 2.71.